The SMILES string of the molecule is NCc1ccc(C(=O)Oc2ccccc2[N+](=O)[O-])cc1. The number of nitrogens with two attached hydrogens (primary N) is 1. The molecule has 0 aliphatic carbocycles. The van der Waals surface area contributed by atoms with Gasteiger partial charge in [0.2, 0.25) is 5.75 Å². The van der Waals surface area contributed by atoms with Crippen molar-refractivity contribution in [2.45, 2.75) is 6.54 Å². The van der Waals surface area contributed by atoms with E-state index in [1.807, 2.05) is 0 Å². The van der Waals surface area contributed by atoms with Gasteiger partial charge in [-0.15, -0.1) is 0 Å². The fourth-order valence-electron chi connectivity index (χ4n) is 1.63. The standard InChI is InChI=1S/C14H12N2O4/c15-9-10-5-7-11(8-6-10)14(17)20-13-4-2-1-3-12(13)16(18)19/h1-8H,9,15H2. The third kappa shape index (κ3) is 2.99. The molecule has 0 heterocycles. The van der Waals surface area contributed by atoms with E-state index < -0.39 is 10.9 Å². The van der Waals surface area contributed by atoms with Crippen LogP contribution >= 0.6 is 0 Å². The van der Waals surface area contributed by atoms with Crippen molar-refractivity contribution in [3.63, 3.8) is 0 Å². The molecule has 0 fully saturated rings. The molecule has 6 heteroatoms. The Kier molecular flexibility index (Phi) is 4.07. The van der Waals surface area contributed by atoms with E-state index in [4.69, 9.17) is 10.5 Å². The van der Waals surface area contributed by atoms with Crippen LogP contribution in [0.3, 0.4) is 0 Å². The van der Waals surface area contributed by atoms with E-state index in [9.17, 15) is 14.9 Å². The van der Waals surface area contributed by atoms with Crippen LogP contribution in [-0.2, 0) is 6.54 Å². The van der Waals surface area contributed by atoms with E-state index >= 15 is 0 Å². The number of para-hydroxylation sites is 2. The number of rotatable bonds is 4. The van der Waals surface area contributed by atoms with Crippen LogP contribution < -0.4 is 10.5 Å². The molecule has 0 unspecified atom stereocenters. The number of hydrogen-bond donors (Lipinski definition) is 1. The average Bonchev–Trinajstić information content (AvgIpc) is 2.47. The van der Waals surface area contributed by atoms with E-state index in [1.165, 1.54) is 18.2 Å². The van der Waals surface area contributed by atoms with Gasteiger partial charge < -0.3 is 10.5 Å². The minimum Gasteiger partial charge on any atom is -0.416 e. The lowest BCUT2D eigenvalue weighted by molar-refractivity contribution is -0.385. The molecule has 0 aliphatic heterocycles. The molecule has 20 heavy (non-hydrogen) atoms. The Balaban J connectivity index is 2.21. The van der Waals surface area contributed by atoms with Crippen LogP contribution in [0.4, 0.5) is 5.69 Å². The van der Waals surface area contributed by atoms with Crippen molar-refractivity contribution >= 4 is 11.7 Å². The van der Waals surface area contributed by atoms with Gasteiger partial charge in [-0.05, 0) is 23.8 Å². The highest BCUT2D eigenvalue weighted by atomic mass is 16.6. The van der Waals surface area contributed by atoms with Crippen LogP contribution in [0.2, 0.25) is 0 Å². The number of carbonyl (C=O) groups excluding carboxylic acids is 1. The third-order valence-corrected chi connectivity index (χ3v) is 2.69. The van der Waals surface area contributed by atoms with E-state index in [0.29, 0.717) is 12.1 Å². The molecule has 2 N–H and O–H groups in total. The fraction of sp³-hybridized carbons (Fsp3) is 0.0714. The topological polar surface area (TPSA) is 95.5 Å². The Morgan fingerprint density at radius 2 is 1.80 bits per heavy atom. The Morgan fingerprint density at radius 1 is 1.15 bits per heavy atom. The van der Waals surface area contributed by atoms with Crippen molar-refractivity contribution < 1.29 is 14.5 Å². The summed E-state index contributed by atoms with van der Waals surface area (Å²) in [5, 5.41) is 10.8. The van der Waals surface area contributed by atoms with Crippen LogP contribution in [0.1, 0.15) is 15.9 Å². The molecule has 102 valence electrons. The highest BCUT2D eigenvalue weighted by Gasteiger charge is 2.17. The molecule has 0 atom stereocenters. The monoisotopic (exact) mass is 272 g/mol. The molecule has 0 amide bonds. The lowest BCUT2D eigenvalue weighted by atomic mass is 10.1. The molecule has 0 spiro atoms. The minimum atomic E-state index is -0.650. The number of benzene rings is 2. The Hall–Kier alpha value is -2.73. The first-order valence-electron chi connectivity index (χ1n) is 5.86. The maximum atomic E-state index is 11.9. The van der Waals surface area contributed by atoms with Crippen LogP contribution in [0, 0.1) is 10.1 Å². The van der Waals surface area contributed by atoms with E-state index in [1.54, 1.807) is 30.3 Å². The largest absolute Gasteiger partial charge is 0.416 e. The highest BCUT2D eigenvalue weighted by Crippen LogP contribution is 2.26. The lowest BCUT2D eigenvalue weighted by Crippen LogP contribution is -2.10. The summed E-state index contributed by atoms with van der Waals surface area (Å²) in [6, 6.07) is 12.3. The van der Waals surface area contributed by atoms with Crippen molar-refractivity contribution in [2.24, 2.45) is 5.73 Å². The van der Waals surface area contributed by atoms with Crippen LogP contribution in [0.15, 0.2) is 48.5 Å². The molecule has 2 rings (SSSR count). The van der Waals surface area contributed by atoms with Gasteiger partial charge >= 0.3 is 11.7 Å². The molecular weight excluding hydrogens is 260 g/mol. The van der Waals surface area contributed by atoms with Crippen molar-refractivity contribution in [2.75, 3.05) is 0 Å². The van der Waals surface area contributed by atoms with Gasteiger partial charge in [-0.3, -0.25) is 10.1 Å². The first-order chi connectivity index (χ1) is 9.61. The summed E-state index contributed by atoms with van der Waals surface area (Å²) in [6.07, 6.45) is 0. The van der Waals surface area contributed by atoms with Crippen molar-refractivity contribution in [3.8, 4) is 5.75 Å². The molecule has 0 aromatic heterocycles. The smallest absolute Gasteiger partial charge is 0.343 e. The van der Waals surface area contributed by atoms with Gasteiger partial charge in [-0.2, -0.15) is 0 Å². The molecule has 0 radical (unpaired) electrons. The minimum absolute atomic E-state index is 0.0783. The van der Waals surface area contributed by atoms with E-state index in [-0.39, 0.29) is 11.4 Å². The first-order valence-corrected chi connectivity index (χ1v) is 5.86. The van der Waals surface area contributed by atoms with Crippen LogP contribution in [0.5, 0.6) is 5.75 Å². The zero-order valence-electron chi connectivity index (χ0n) is 10.5. The molecule has 2 aromatic carbocycles. The van der Waals surface area contributed by atoms with Gasteiger partial charge in [-0.1, -0.05) is 24.3 Å². The predicted octanol–water partition coefficient (Wildman–Crippen LogP) is 2.27. The van der Waals surface area contributed by atoms with Gasteiger partial charge in [-0.25, -0.2) is 4.79 Å². The van der Waals surface area contributed by atoms with Gasteiger partial charge in [0.15, 0.2) is 0 Å². The fourth-order valence-corrected chi connectivity index (χ4v) is 1.63. The molecule has 2 aromatic rings. The number of nitro groups is 1. The second-order valence-electron chi connectivity index (χ2n) is 4.02. The van der Waals surface area contributed by atoms with Gasteiger partial charge in [0.25, 0.3) is 0 Å². The summed E-state index contributed by atoms with van der Waals surface area (Å²) in [6.45, 7) is 0.374. The quantitative estimate of drug-likeness (QED) is 0.398. The first kappa shape index (κ1) is 13.7. The maximum Gasteiger partial charge on any atom is 0.343 e. The Morgan fingerprint density at radius 3 is 2.40 bits per heavy atom. The molecule has 0 aliphatic rings. The number of esters is 1. The summed E-state index contributed by atoms with van der Waals surface area (Å²) in [7, 11) is 0. The Labute approximate surface area is 114 Å². The molecular formula is C14H12N2O4. The number of carbonyl (C=O) groups is 1. The van der Waals surface area contributed by atoms with Gasteiger partial charge in [0.05, 0.1) is 10.5 Å². The van der Waals surface area contributed by atoms with E-state index in [2.05, 4.69) is 0 Å². The average molecular weight is 272 g/mol. The summed E-state index contributed by atoms with van der Waals surface area (Å²) in [5.74, 6) is -0.728. The molecule has 0 saturated heterocycles. The van der Waals surface area contributed by atoms with Crippen LogP contribution in [0.25, 0.3) is 0 Å². The summed E-state index contributed by atoms with van der Waals surface area (Å²) in [4.78, 5) is 22.1. The van der Waals surface area contributed by atoms with Crippen LogP contribution in [-0.4, -0.2) is 10.9 Å². The lowest BCUT2D eigenvalue weighted by Gasteiger charge is -2.05. The molecule has 0 saturated carbocycles. The van der Waals surface area contributed by atoms with E-state index in [0.717, 1.165) is 5.56 Å². The second-order valence-corrected chi connectivity index (χ2v) is 4.02. The second kappa shape index (κ2) is 5.94. The number of hydrogen-bond acceptors (Lipinski definition) is 5. The predicted molar refractivity (Wildman–Crippen MR) is 72.4 cm³/mol. The van der Waals surface area contributed by atoms with Crippen molar-refractivity contribution in [1.82, 2.24) is 0 Å². The zero-order chi connectivity index (χ0) is 14.5. The third-order valence-electron chi connectivity index (χ3n) is 2.69. The summed E-state index contributed by atoms with van der Waals surface area (Å²) >= 11 is 0. The van der Waals surface area contributed by atoms with Gasteiger partial charge in [0, 0.05) is 12.6 Å². The maximum absolute atomic E-state index is 11.9. The number of nitro benzene ring substituents is 1. The zero-order valence-corrected chi connectivity index (χ0v) is 10.5. The normalized spacial score (nSPS) is 10.1. The molecule has 0 bridgehead atoms. The van der Waals surface area contributed by atoms with Crippen molar-refractivity contribution in [3.05, 3.63) is 69.8 Å². The number of nitrogens with zero attached hydrogens (tertiary/aromatic N) is 1. The highest BCUT2D eigenvalue weighted by molar-refractivity contribution is 5.91. The van der Waals surface area contributed by atoms with Crippen molar-refractivity contribution in [1.29, 1.82) is 0 Å². The summed E-state index contributed by atoms with van der Waals surface area (Å²) in [5.41, 5.74) is 6.40. The number of ether oxygens (including phenoxy) is 1. The summed E-state index contributed by atoms with van der Waals surface area (Å²) < 4.78 is 5.05. The molecule has 6 nitrogen and oxygen atoms in total. The Bertz CT molecular complexity index is 638. The van der Waals surface area contributed by atoms with Gasteiger partial charge in [0.1, 0.15) is 0 Å².